The molecule has 2 rings (SSSR count). The summed E-state index contributed by atoms with van der Waals surface area (Å²) < 4.78 is 47.1. The van der Waals surface area contributed by atoms with Crippen molar-refractivity contribution in [2.75, 3.05) is 6.61 Å². The molecule has 2 aromatic rings. The van der Waals surface area contributed by atoms with Gasteiger partial charge in [0.15, 0.2) is 17.4 Å². The van der Waals surface area contributed by atoms with Crippen molar-refractivity contribution in [1.82, 2.24) is 9.97 Å². The molecule has 0 aliphatic heterocycles. The normalized spacial score (nSPS) is 12.2. The summed E-state index contributed by atoms with van der Waals surface area (Å²) in [6.45, 7) is 4.06. The Hall–Kier alpha value is -2.11. The van der Waals surface area contributed by atoms with Crippen LogP contribution in [-0.4, -0.2) is 22.7 Å². The van der Waals surface area contributed by atoms with Gasteiger partial charge in [0.05, 0.1) is 18.3 Å². The Morgan fingerprint density at radius 1 is 0.931 bits per heavy atom. The summed E-state index contributed by atoms with van der Waals surface area (Å²) in [4.78, 5) is 8.27. The van der Waals surface area contributed by atoms with Gasteiger partial charge in [-0.2, -0.15) is 4.39 Å². The van der Waals surface area contributed by atoms with Crippen LogP contribution in [0.4, 0.5) is 13.2 Å². The van der Waals surface area contributed by atoms with Gasteiger partial charge in [-0.1, -0.05) is 39.0 Å². The number of aromatic nitrogens is 2. The van der Waals surface area contributed by atoms with Crippen molar-refractivity contribution in [3.63, 3.8) is 0 Å². The highest BCUT2D eigenvalue weighted by Crippen LogP contribution is 2.28. The van der Waals surface area contributed by atoms with Crippen molar-refractivity contribution in [1.29, 1.82) is 0 Å². The molecule has 29 heavy (non-hydrogen) atoms. The molecule has 1 aromatic heterocycles. The maximum Gasteiger partial charge on any atom is 0.201 e. The van der Waals surface area contributed by atoms with Crippen LogP contribution in [-0.2, 0) is 6.42 Å². The number of nitrogens with zero attached hydrogens (tertiary/aromatic N) is 2. The Labute approximate surface area is 171 Å². The van der Waals surface area contributed by atoms with E-state index >= 15 is 0 Å². The largest absolute Gasteiger partial charge is 0.490 e. The van der Waals surface area contributed by atoms with Gasteiger partial charge in [0.25, 0.3) is 0 Å². The highest BCUT2D eigenvalue weighted by molar-refractivity contribution is 5.57. The lowest BCUT2D eigenvalue weighted by Crippen LogP contribution is -2.03. The fraction of sp³-hybridized carbons (Fsp3) is 0.565. The zero-order valence-corrected chi connectivity index (χ0v) is 17.4. The van der Waals surface area contributed by atoms with Gasteiger partial charge in [0, 0.05) is 12.4 Å². The Morgan fingerprint density at radius 2 is 1.62 bits per heavy atom. The Morgan fingerprint density at radius 3 is 2.31 bits per heavy atom. The summed E-state index contributed by atoms with van der Waals surface area (Å²) in [5.74, 6) is -1.99. The minimum Gasteiger partial charge on any atom is -0.490 e. The van der Waals surface area contributed by atoms with E-state index in [2.05, 4.69) is 16.9 Å². The minimum atomic E-state index is -1.02. The van der Waals surface area contributed by atoms with E-state index in [1.807, 2.05) is 0 Å². The first-order valence-corrected chi connectivity index (χ1v) is 10.6. The van der Waals surface area contributed by atoms with E-state index in [9.17, 15) is 13.2 Å². The molecule has 0 amide bonds. The molecule has 0 fully saturated rings. The number of ether oxygens (including phenoxy) is 1. The molecule has 1 atom stereocenters. The van der Waals surface area contributed by atoms with Crippen LogP contribution in [0.3, 0.4) is 0 Å². The van der Waals surface area contributed by atoms with Crippen LogP contribution in [0.15, 0.2) is 24.5 Å². The van der Waals surface area contributed by atoms with Crippen LogP contribution in [0, 0.1) is 11.6 Å². The third kappa shape index (κ3) is 7.67. The zero-order valence-electron chi connectivity index (χ0n) is 17.4. The lowest BCUT2D eigenvalue weighted by atomic mass is 10.1. The second-order valence-corrected chi connectivity index (χ2v) is 7.44. The summed E-state index contributed by atoms with van der Waals surface area (Å²) in [5, 5.41) is 0. The van der Waals surface area contributed by atoms with Gasteiger partial charge in [0.2, 0.25) is 5.82 Å². The van der Waals surface area contributed by atoms with E-state index in [-0.39, 0.29) is 17.1 Å². The predicted octanol–water partition coefficient (Wildman–Crippen LogP) is 6.84. The molecule has 0 bridgehead atoms. The van der Waals surface area contributed by atoms with Crippen LogP contribution in [0.2, 0.25) is 0 Å². The average Bonchev–Trinajstić information content (AvgIpc) is 2.71. The number of hydrogen-bond acceptors (Lipinski definition) is 3. The quantitative estimate of drug-likeness (QED) is 0.340. The molecule has 0 N–H and O–H groups in total. The first-order valence-electron chi connectivity index (χ1n) is 10.6. The van der Waals surface area contributed by atoms with Gasteiger partial charge in [-0.15, -0.1) is 0 Å². The molecule has 0 saturated carbocycles. The summed E-state index contributed by atoms with van der Waals surface area (Å²) in [7, 11) is 0. The van der Waals surface area contributed by atoms with Crippen molar-refractivity contribution in [2.24, 2.45) is 0 Å². The van der Waals surface area contributed by atoms with Crippen LogP contribution < -0.4 is 4.74 Å². The molecule has 0 radical (unpaired) electrons. The fourth-order valence-electron chi connectivity index (χ4n) is 3.09. The first kappa shape index (κ1) is 23.2. The van der Waals surface area contributed by atoms with Gasteiger partial charge in [-0.05, 0) is 50.3 Å². The second kappa shape index (κ2) is 12.5. The van der Waals surface area contributed by atoms with E-state index in [0.29, 0.717) is 25.9 Å². The summed E-state index contributed by atoms with van der Waals surface area (Å²) in [6, 6.07) is 2.86. The SMILES string of the molecule is CCCCCCCCOc1ccc(-c2ncc(CCCC(C)F)cn2)c(F)c1F. The molecular weight excluding hydrogens is 377 g/mol. The van der Waals surface area contributed by atoms with Crippen molar-refractivity contribution in [3.05, 3.63) is 41.7 Å². The first-order chi connectivity index (χ1) is 14.0. The van der Waals surface area contributed by atoms with Crippen molar-refractivity contribution in [3.8, 4) is 17.1 Å². The topological polar surface area (TPSA) is 35.0 Å². The van der Waals surface area contributed by atoms with E-state index < -0.39 is 17.8 Å². The van der Waals surface area contributed by atoms with Gasteiger partial charge < -0.3 is 4.74 Å². The monoisotopic (exact) mass is 408 g/mol. The molecule has 0 aliphatic rings. The van der Waals surface area contributed by atoms with Gasteiger partial charge >= 0.3 is 0 Å². The number of halogens is 3. The van der Waals surface area contributed by atoms with Gasteiger partial charge in [-0.3, -0.25) is 0 Å². The van der Waals surface area contributed by atoms with Crippen LogP contribution in [0.1, 0.15) is 70.8 Å². The molecule has 1 unspecified atom stereocenters. The molecule has 0 spiro atoms. The number of hydrogen-bond donors (Lipinski definition) is 0. The Balaban J connectivity index is 1.91. The van der Waals surface area contributed by atoms with Crippen molar-refractivity contribution < 1.29 is 17.9 Å². The Kier molecular flexibility index (Phi) is 9.95. The molecular formula is C23H31F3N2O. The van der Waals surface area contributed by atoms with Crippen LogP contribution in [0.5, 0.6) is 5.75 Å². The maximum absolute atomic E-state index is 14.5. The van der Waals surface area contributed by atoms with Gasteiger partial charge in [0.1, 0.15) is 0 Å². The third-order valence-corrected chi connectivity index (χ3v) is 4.82. The summed E-state index contributed by atoms with van der Waals surface area (Å²) in [6.07, 6.45) is 10.7. The molecule has 3 nitrogen and oxygen atoms in total. The standard InChI is InChI=1S/C23H31F3N2O/c1-3-4-5-6-7-8-14-29-20-13-12-19(21(25)22(20)26)23-27-15-18(16-28-23)11-9-10-17(2)24/h12-13,15-17H,3-11,14H2,1-2H3. The van der Waals surface area contributed by atoms with Crippen molar-refractivity contribution >= 4 is 0 Å². The lowest BCUT2D eigenvalue weighted by molar-refractivity contribution is 0.285. The second-order valence-electron chi connectivity index (χ2n) is 7.44. The molecule has 0 saturated heterocycles. The van der Waals surface area contributed by atoms with Crippen LogP contribution in [0.25, 0.3) is 11.4 Å². The van der Waals surface area contributed by atoms with E-state index in [4.69, 9.17) is 4.74 Å². The highest BCUT2D eigenvalue weighted by Gasteiger charge is 2.17. The van der Waals surface area contributed by atoms with Gasteiger partial charge in [-0.25, -0.2) is 18.7 Å². The fourth-order valence-corrected chi connectivity index (χ4v) is 3.09. The molecule has 6 heteroatoms. The number of unbranched alkanes of at least 4 members (excludes halogenated alkanes) is 5. The number of rotatable bonds is 13. The number of benzene rings is 1. The molecule has 1 aromatic carbocycles. The van der Waals surface area contributed by atoms with E-state index in [0.717, 1.165) is 24.8 Å². The third-order valence-electron chi connectivity index (χ3n) is 4.82. The minimum absolute atomic E-state index is 0.00153. The predicted molar refractivity (Wildman–Crippen MR) is 110 cm³/mol. The average molecular weight is 409 g/mol. The van der Waals surface area contributed by atoms with E-state index in [1.54, 1.807) is 12.4 Å². The van der Waals surface area contributed by atoms with Crippen molar-refractivity contribution in [2.45, 2.75) is 77.8 Å². The zero-order chi connectivity index (χ0) is 21.1. The lowest BCUT2D eigenvalue weighted by Gasteiger charge is -2.10. The molecule has 1 heterocycles. The van der Waals surface area contributed by atoms with E-state index in [1.165, 1.54) is 38.3 Å². The summed E-state index contributed by atoms with van der Waals surface area (Å²) >= 11 is 0. The highest BCUT2D eigenvalue weighted by atomic mass is 19.2. The maximum atomic E-state index is 14.5. The molecule has 160 valence electrons. The number of alkyl halides is 1. The number of aryl methyl sites for hydroxylation is 1. The Bertz CT molecular complexity index is 736. The summed E-state index contributed by atoms with van der Waals surface area (Å²) in [5.41, 5.74) is 0.840. The molecule has 0 aliphatic carbocycles. The van der Waals surface area contributed by atoms with Crippen LogP contribution >= 0.6 is 0 Å². The smallest absolute Gasteiger partial charge is 0.201 e.